The molecule has 0 rings (SSSR count). The molecule has 1 atom stereocenters. The molecule has 0 aromatic heterocycles. The highest BCUT2D eigenvalue weighted by molar-refractivity contribution is 7.81. The second-order valence-electron chi connectivity index (χ2n) is 2.76. The Labute approximate surface area is 72.6 Å². The number of rotatable bonds is 4. The molecule has 0 aromatic rings. The molecule has 1 unspecified atom stereocenters. The molecule has 1 amide bonds. The van der Waals surface area contributed by atoms with E-state index >= 15 is 0 Å². The van der Waals surface area contributed by atoms with Crippen molar-refractivity contribution in [3.63, 3.8) is 0 Å². The fourth-order valence-corrected chi connectivity index (χ4v) is 0.767. The Morgan fingerprint density at radius 3 is 2.45 bits per heavy atom. The molecule has 0 aromatic carbocycles. The van der Waals surface area contributed by atoms with Crippen LogP contribution < -0.4 is 5.32 Å². The van der Waals surface area contributed by atoms with Crippen molar-refractivity contribution in [2.75, 3.05) is 12.4 Å². The lowest BCUT2D eigenvalue weighted by Gasteiger charge is -2.18. The molecule has 2 N–H and O–H groups in total. The Hall–Kier alpha value is -0.220. The van der Waals surface area contributed by atoms with Gasteiger partial charge >= 0.3 is 0 Å². The van der Waals surface area contributed by atoms with Crippen LogP contribution in [0.3, 0.4) is 0 Å². The Morgan fingerprint density at radius 1 is 1.64 bits per heavy atom. The molecular weight excluding hydrogens is 162 g/mol. The first-order valence-electron chi connectivity index (χ1n) is 3.63. The van der Waals surface area contributed by atoms with Crippen LogP contribution in [0.25, 0.3) is 0 Å². The van der Waals surface area contributed by atoms with E-state index in [9.17, 15) is 4.79 Å². The van der Waals surface area contributed by atoms with E-state index in [4.69, 9.17) is 5.11 Å². The molecule has 3 nitrogen and oxygen atoms in total. The second kappa shape index (κ2) is 5.43. The molecule has 0 saturated heterocycles. The van der Waals surface area contributed by atoms with Gasteiger partial charge in [0.25, 0.3) is 0 Å². The summed E-state index contributed by atoms with van der Waals surface area (Å²) < 4.78 is 0. The Morgan fingerprint density at radius 2 is 2.18 bits per heavy atom. The van der Waals surface area contributed by atoms with Crippen LogP contribution in [0.5, 0.6) is 0 Å². The highest BCUT2D eigenvalue weighted by atomic mass is 32.1. The number of carbonyl (C=O) groups excluding carboxylic acids is 1. The Balaban J connectivity index is 3.78. The molecule has 4 heteroatoms. The van der Waals surface area contributed by atoms with Crippen molar-refractivity contribution in [1.29, 1.82) is 0 Å². The minimum Gasteiger partial charge on any atom is -0.394 e. The predicted molar refractivity (Wildman–Crippen MR) is 47.7 cm³/mol. The van der Waals surface area contributed by atoms with Gasteiger partial charge in [0, 0.05) is 0 Å². The lowest BCUT2D eigenvalue weighted by molar-refractivity contribution is -0.119. The number of hydrogen-bond donors (Lipinski definition) is 3. The lowest BCUT2D eigenvalue weighted by Crippen LogP contribution is -2.41. The van der Waals surface area contributed by atoms with Gasteiger partial charge in [-0.15, -0.1) is 0 Å². The first-order chi connectivity index (χ1) is 5.11. The van der Waals surface area contributed by atoms with Crippen molar-refractivity contribution in [1.82, 2.24) is 5.32 Å². The zero-order valence-electron chi connectivity index (χ0n) is 6.87. The van der Waals surface area contributed by atoms with Crippen LogP contribution in [0, 0.1) is 5.92 Å². The summed E-state index contributed by atoms with van der Waals surface area (Å²) in [7, 11) is 0. The molecule has 0 aliphatic carbocycles. The first-order valence-corrected chi connectivity index (χ1v) is 4.26. The zero-order valence-corrected chi connectivity index (χ0v) is 7.77. The summed E-state index contributed by atoms with van der Waals surface area (Å²) in [6.07, 6.45) is 0. The van der Waals surface area contributed by atoms with Gasteiger partial charge in [-0.05, 0) is 5.92 Å². The molecule has 66 valence electrons. The van der Waals surface area contributed by atoms with E-state index < -0.39 is 0 Å². The number of aliphatic hydroxyl groups is 1. The summed E-state index contributed by atoms with van der Waals surface area (Å²) >= 11 is 3.80. The third-order valence-corrected chi connectivity index (χ3v) is 1.78. The van der Waals surface area contributed by atoms with Crippen LogP contribution >= 0.6 is 12.6 Å². The van der Waals surface area contributed by atoms with Gasteiger partial charge in [-0.2, -0.15) is 12.6 Å². The minimum atomic E-state index is -0.144. The topological polar surface area (TPSA) is 49.3 Å². The minimum absolute atomic E-state index is 0.0167. The fraction of sp³-hybridized carbons (Fsp3) is 0.857. The fourth-order valence-electron chi connectivity index (χ4n) is 0.676. The van der Waals surface area contributed by atoms with Crippen molar-refractivity contribution in [3.05, 3.63) is 0 Å². The van der Waals surface area contributed by atoms with Gasteiger partial charge in [0.05, 0.1) is 18.4 Å². The highest BCUT2D eigenvalue weighted by Crippen LogP contribution is 1.99. The van der Waals surface area contributed by atoms with E-state index in [1.54, 1.807) is 0 Å². The van der Waals surface area contributed by atoms with Crippen LogP contribution in [-0.4, -0.2) is 29.4 Å². The quantitative estimate of drug-likeness (QED) is 0.531. The summed E-state index contributed by atoms with van der Waals surface area (Å²) in [6, 6.07) is -0.144. The van der Waals surface area contributed by atoms with E-state index in [-0.39, 0.29) is 30.2 Å². The molecule has 0 heterocycles. The van der Waals surface area contributed by atoms with Gasteiger partial charge in [-0.25, -0.2) is 0 Å². The van der Waals surface area contributed by atoms with Crippen molar-refractivity contribution in [3.8, 4) is 0 Å². The van der Waals surface area contributed by atoms with E-state index in [1.807, 2.05) is 13.8 Å². The highest BCUT2D eigenvalue weighted by Gasteiger charge is 2.13. The summed E-state index contributed by atoms with van der Waals surface area (Å²) in [5.74, 6) is 0.286. The molecule has 0 radical (unpaired) electrons. The molecule has 0 aliphatic rings. The van der Waals surface area contributed by atoms with E-state index in [2.05, 4.69) is 17.9 Å². The maximum absolute atomic E-state index is 10.8. The van der Waals surface area contributed by atoms with Gasteiger partial charge in [0.15, 0.2) is 0 Å². The van der Waals surface area contributed by atoms with E-state index in [0.29, 0.717) is 0 Å². The largest absolute Gasteiger partial charge is 0.394 e. The van der Waals surface area contributed by atoms with Gasteiger partial charge < -0.3 is 10.4 Å². The molecule has 0 spiro atoms. The SMILES string of the molecule is CC(C)C(CO)NC(=O)CS. The van der Waals surface area contributed by atoms with Crippen LogP contribution in [0.15, 0.2) is 0 Å². The van der Waals surface area contributed by atoms with Crippen molar-refractivity contribution >= 4 is 18.5 Å². The van der Waals surface area contributed by atoms with Crippen LogP contribution in [0.2, 0.25) is 0 Å². The molecule has 0 fully saturated rings. The van der Waals surface area contributed by atoms with Crippen molar-refractivity contribution in [2.24, 2.45) is 5.92 Å². The monoisotopic (exact) mass is 177 g/mol. The number of nitrogens with one attached hydrogen (secondary N) is 1. The third kappa shape index (κ3) is 4.27. The summed E-state index contributed by atoms with van der Waals surface area (Å²) in [6.45, 7) is 3.87. The summed E-state index contributed by atoms with van der Waals surface area (Å²) in [5, 5.41) is 11.5. The van der Waals surface area contributed by atoms with Gasteiger partial charge in [-0.1, -0.05) is 13.8 Å². The molecule has 0 saturated carbocycles. The van der Waals surface area contributed by atoms with Crippen LogP contribution in [0.1, 0.15) is 13.8 Å². The van der Waals surface area contributed by atoms with Crippen LogP contribution in [0.4, 0.5) is 0 Å². The molecule has 11 heavy (non-hydrogen) atoms. The zero-order chi connectivity index (χ0) is 8.85. The average molecular weight is 177 g/mol. The standard InChI is InChI=1S/C7H15NO2S/c1-5(2)6(3-9)8-7(10)4-11/h5-6,9,11H,3-4H2,1-2H3,(H,8,10). The number of amides is 1. The van der Waals surface area contributed by atoms with Gasteiger partial charge in [0.2, 0.25) is 5.91 Å². The maximum atomic E-state index is 10.8. The first kappa shape index (κ1) is 10.8. The smallest absolute Gasteiger partial charge is 0.230 e. The molecular formula is C7H15NO2S. The summed E-state index contributed by atoms with van der Waals surface area (Å²) in [4.78, 5) is 10.8. The van der Waals surface area contributed by atoms with Crippen molar-refractivity contribution in [2.45, 2.75) is 19.9 Å². The lowest BCUT2D eigenvalue weighted by atomic mass is 10.1. The van der Waals surface area contributed by atoms with Gasteiger partial charge in [0.1, 0.15) is 0 Å². The van der Waals surface area contributed by atoms with E-state index in [1.165, 1.54) is 0 Å². The van der Waals surface area contributed by atoms with Crippen LogP contribution in [-0.2, 0) is 4.79 Å². The number of carbonyl (C=O) groups is 1. The average Bonchev–Trinajstić information content (AvgIpc) is 1.99. The van der Waals surface area contributed by atoms with E-state index in [0.717, 1.165) is 0 Å². The Kier molecular flexibility index (Phi) is 5.32. The second-order valence-corrected chi connectivity index (χ2v) is 3.07. The molecule has 0 aliphatic heterocycles. The summed E-state index contributed by atoms with van der Waals surface area (Å²) in [5.41, 5.74) is 0. The number of thiol groups is 1. The Bertz CT molecular complexity index is 128. The molecule has 0 bridgehead atoms. The normalized spacial score (nSPS) is 13.2. The van der Waals surface area contributed by atoms with Gasteiger partial charge in [-0.3, -0.25) is 4.79 Å². The predicted octanol–water partition coefficient (Wildman–Crippen LogP) is 0.0493. The van der Waals surface area contributed by atoms with Crippen molar-refractivity contribution < 1.29 is 9.90 Å². The number of aliphatic hydroxyl groups excluding tert-OH is 1. The third-order valence-electron chi connectivity index (χ3n) is 1.49. The maximum Gasteiger partial charge on any atom is 0.230 e. The number of hydrogen-bond acceptors (Lipinski definition) is 3.